The summed E-state index contributed by atoms with van der Waals surface area (Å²) in [5.41, 5.74) is 0.625. The van der Waals surface area contributed by atoms with Crippen LogP contribution in [-0.2, 0) is 47.7 Å². The molecule has 0 aromatic heterocycles. The number of carboxylic acids is 1. The summed E-state index contributed by atoms with van der Waals surface area (Å²) in [5, 5.41) is 17.6. The molecule has 0 saturated carbocycles. The Morgan fingerprint density at radius 3 is 1.22 bits per heavy atom. The number of carbonyl (C=O) groups excluding carboxylic acids is 5. The van der Waals surface area contributed by atoms with Crippen molar-refractivity contribution in [3.05, 3.63) is 24.3 Å². The van der Waals surface area contributed by atoms with Gasteiger partial charge in [0.2, 0.25) is 0 Å². The number of carbonyl (C=O) groups is 6. The zero-order valence-corrected chi connectivity index (χ0v) is 47.3. The van der Waals surface area contributed by atoms with Crippen LogP contribution >= 0.6 is 0 Å². The van der Waals surface area contributed by atoms with E-state index in [9.17, 15) is 33.9 Å². The van der Waals surface area contributed by atoms with Crippen LogP contribution in [0.3, 0.4) is 0 Å². The zero-order valence-electron chi connectivity index (χ0n) is 47.3. The molecule has 2 N–H and O–H groups in total. The highest BCUT2D eigenvalue weighted by Crippen LogP contribution is 2.31. The number of cyclic esters (lactones) is 2. The molecule has 1 aliphatic rings. The van der Waals surface area contributed by atoms with Gasteiger partial charge < -0.3 is 29.2 Å². The minimum Gasteiger partial charge on any atom is -0.481 e. The van der Waals surface area contributed by atoms with Gasteiger partial charge in [0, 0.05) is 11.1 Å². The van der Waals surface area contributed by atoms with Crippen molar-refractivity contribution in [1.82, 2.24) is 0 Å². The Balaban J connectivity index is 0. The van der Waals surface area contributed by atoms with Crippen LogP contribution in [-0.4, -0.2) is 72.5 Å². The third-order valence-electron chi connectivity index (χ3n) is 13.8. The first-order valence-corrected chi connectivity index (χ1v) is 28.9. The predicted octanol–water partition coefficient (Wildman–Crippen LogP) is 15.2. The van der Waals surface area contributed by atoms with E-state index in [2.05, 4.69) is 45.6 Å². The number of aliphatic hydroxyl groups is 1. The summed E-state index contributed by atoms with van der Waals surface area (Å²) in [6.45, 7) is 21.9. The number of rotatable bonds is 44. The molecule has 0 aromatic carbocycles. The van der Waals surface area contributed by atoms with Crippen LogP contribution < -0.4 is 0 Å². The molecule has 0 radical (unpaired) electrons. The Labute approximate surface area is 439 Å². The van der Waals surface area contributed by atoms with Gasteiger partial charge >= 0.3 is 35.8 Å². The van der Waals surface area contributed by atoms with Gasteiger partial charge in [-0.3, -0.25) is 19.2 Å². The molecule has 0 aliphatic carbocycles. The zero-order chi connectivity index (χ0) is 54.4. The Bertz CT molecular complexity index is 1440. The second-order valence-corrected chi connectivity index (χ2v) is 21.0. The third kappa shape index (κ3) is 40.9. The fourth-order valence-corrected chi connectivity index (χ4v) is 8.86. The molecule has 12 nitrogen and oxygen atoms in total. The van der Waals surface area contributed by atoms with Crippen molar-refractivity contribution < 1.29 is 57.9 Å². The lowest BCUT2D eigenvalue weighted by Crippen LogP contribution is -2.31. The van der Waals surface area contributed by atoms with Crippen molar-refractivity contribution in [3.63, 3.8) is 0 Å². The Morgan fingerprint density at radius 2 is 0.889 bits per heavy atom. The molecule has 1 saturated heterocycles. The van der Waals surface area contributed by atoms with E-state index in [0.717, 1.165) is 25.7 Å². The molecule has 12 heteroatoms. The maximum absolute atomic E-state index is 12.6. The average molecular weight is 1020 g/mol. The number of hydrogen-bond acceptors (Lipinski definition) is 11. The van der Waals surface area contributed by atoms with E-state index in [-0.39, 0.29) is 61.7 Å². The van der Waals surface area contributed by atoms with Gasteiger partial charge in [-0.2, -0.15) is 0 Å². The molecule has 1 aliphatic heterocycles. The molecule has 1 heterocycles. The van der Waals surface area contributed by atoms with Crippen molar-refractivity contribution >= 4 is 35.8 Å². The average Bonchev–Trinajstić information content (AvgIpc) is 3.58. The quantitative estimate of drug-likeness (QED) is 0.0194. The Kier molecular flexibility index (Phi) is 47.4. The largest absolute Gasteiger partial charge is 0.481 e. The Hall–Kier alpha value is -3.54. The van der Waals surface area contributed by atoms with E-state index in [1.54, 1.807) is 20.8 Å². The standard InChI is InChI=1S/C30H54O6.C24H44O3.C6H10O3/c1-6-7-8-9-10-11-12-13-14-15-16-17-18-19-20-25(4)23-27(26(5)28(31)32)30(34)36-22-21-35-29(33)24(2)3;1-4-5-6-7-8-9-10-11-12-13-14-15-16-17-18-20(2)19-22-21(3)23(25)27-24(22)26;1-5(2)6(8)9-4-3-7/h25-27H,2,6-23H2,1,3-5H3,(H,31,32);20-22H,4-19H2,1-3H3;7H,1,3-4H2,2H3. The molecule has 420 valence electrons. The third-order valence-corrected chi connectivity index (χ3v) is 13.8. The fraction of sp³-hybridized carbons (Fsp3) is 0.833. The summed E-state index contributed by atoms with van der Waals surface area (Å²) < 4.78 is 19.3. The maximum atomic E-state index is 12.6. The summed E-state index contributed by atoms with van der Waals surface area (Å²) in [4.78, 5) is 69.1. The lowest BCUT2D eigenvalue weighted by molar-refractivity contribution is -0.160. The molecule has 0 bridgehead atoms. The van der Waals surface area contributed by atoms with E-state index in [0.29, 0.717) is 17.9 Å². The molecule has 1 rings (SSSR count). The fourth-order valence-electron chi connectivity index (χ4n) is 8.86. The molecular weight excluding hydrogens is 913 g/mol. The second-order valence-electron chi connectivity index (χ2n) is 21.0. The van der Waals surface area contributed by atoms with Crippen LogP contribution in [0.5, 0.6) is 0 Å². The van der Waals surface area contributed by atoms with Crippen molar-refractivity contribution in [2.24, 2.45) is 35.5 Å². The number of aliphatic hydroxyl groups excluding tert-OH is 1. The molecule has 0 amide bonds. The Morgan fingerprint density at radius 1 is 0.542 bits per heavy atom. The van der Waals surface area contributed by atoms with Crippen LogP contribution in [0.2, 0.25) is 0 Å². The number of hydrogen-bond donors (Lipinski definition) is 2. The highest BCUT2D eigenvalue weighted by Gasteiger charge is 2.41. The number of carboxylic acid groups (broad SMARTS) is 1. The van der Waals surface area contributed by atoms with Gasteiger partial charge in [-0.1, -0.05) is 247 Å². The summed E-state index contributed by atoms with van der Waals surface area (Å²) in [7, 11) is 0. The summed E-state index contributed by atoms with van der Waals surface area (Å²) in [6, 6.07) is 0. The second kappa shape index (κ2) is 48.4. The number of unbranched alkanes of at least 4 members (excludes halogenated alkanes) is 26. The summed E-state index contributed by atoms with van der Waals surface area (Å²) >= 11 is 0. The first-order chi connectivity index (χ1) is 34.4. The van der Waals surface area contributed by atoms with Crippen LogP contribution in [0.15, 0.2) is 24.3 Å². The minimum atomic E-state index is -1.01. The smallest absolute Gasteiger partial charge is 0.333 e. The molecular formula is C60H108O12. The van der Waals surface area contributed by atoms with Crippen LogP contribution in [0.25, 0.3) is 0 Å². The van der Waals surface area contributed by atoms with Gasteiger partial charge in [0.05, 0.1) is 30.3 Å². The van der Waals surface area contributed by atoms with Crippen molar-refractivity contribution in [2.45, 2.75) is 261 Å². The normalized spacial score (nSPS) is 15.7. The first-order valence-electron chi connectivity index (χ1n) is 28.9. The van der Waals surface area contributed by atoms with E-state index in [1.807, 2.05) is 6.92 Å². The van der Waals surface area contributed by atoms with E-state index in [1.165, 1.54) is 173 Å². The maximum Gasteiger partial charge on any atom is 0.333 e. The van der Waals surface area contributed by atoms with Crippen molar-refractivity contribution in [1.29, 1.82) is 0 Å². The highest BCUT2D eigenvalue weighted by molar-refractivity contribution is 5.96. The molecule has 6 unspecified atom stereocenters. The van der Waals surface area contributed by atoms with Gasteiger partial charge in [-0.15, -0.1) is 0 Å². The summed E-state index contributed by atoms with van der Waals surface area (Å²) in [5.74, 6) is -4.44. The van der Waals surface area contributed by atoms with Gasteiger partial charge in [0.1, 0.15) is 19.8 Å². The number of esters is 5. The van der Waals surface area contributed by atoms with Gasteiger partial charge in [0.15, 0.2) is 0 Å². The van der Waals surface area contributed by atoms with Crippen molar-refractivity contribution in [3.8, 4) is 0 Å². The predicted molar refractivity (Wildman–Crippen MR) is 291 cm³/mol. The minimum absolute atomic E-state index is 0.0473. The summed E-state index contributed by atoms with van der Waals surface area (Å²) in [6.07, 6.45) is 41.2. The van der Waals surface area contributed by atoms with Gasteiger partial charge in [-0.05, 0) is 38.5 Å². The van der Waals surface area contributed by atoms with E-state index in [4.69, 9.17) is 19.3 Å². The molecule has 0 aromatic rings. The topological polar surface area (TPSA) is 180 Å². The number of aliphatic carboxylic acids is 1. The van der Waals surface area contributed by atoms with Crippen LogP contribution in [0.4, 0.5) is 0 Å². The van der Waals surface area contributed by atoms with Gasteiger partial charge in [0.25, 0.3) is 0 Å². The lowest BCUT2D eigenvalue weighted by Gasteiger charge is -2.23. The van der Waals surface area contributed by atoms with E-state index < -0.39 is 35.7 Å². The molecule has 0 spiro atoms. The molecule has 6 atom stereocenters. The SMILES string of the molecule is C=C(C)C(=O)OCCO.C=C(C)C(=O)OCCOC(=O)C(CC(C)CCCCCCCCCCCCCCCC)C(C)C(=O)O.CCCCCCCCCCCCCCCCC(C)CC1C(=O)OC(=O)C1C. The number of ether oxygens (including phenoxy) is 4. The van der Waals surface area contributed by atoms with Gasteiger partial charge in [-0.25, -0.2) is 9.59 Å². The molecule has 1 fully saturated rings. The van der Waals surface area contributed by atoms with E-state index >= 15 is 0 Å². The first kappa shape index (κ1) is 70.5. The van der Waals surface area contributed by atoms with Crippen LogP contribution in [0, 0.1) is 35.5 Å². The van der Waals surface area contributed by atoms with Crippen LogP contribution in [0.1, 0.15) is 261 Å². The lowest BCUT2D eigenvalue weighted by atomic mass is 9.84. The molecule has 72 heavy (non-hydrogen) atoms. The highest BCUT2D eigenvalue weighted by atomic mass is 16.6. The van der Waals surface area contributed by atoms with Crippen molar-refractivity contribution in [2.75, 3.05) is 26.4 Å². The monoisotopic (exact) mass is 1020 g/mol.